The number of β-amino-alcohol motifs (C(OH)–C–C–N with tert-alkyl or cyclic N) is 1. The van der Waals surface area contributed by atoms with Gasteiger partial charge in [-0.25, -0.2) is 0 Å². The first-order valence-corrected chi connectivity index (χ1v) is 12.6. The first kappa shape index (κ1) is 24.0. The van der Waals surface area contributed by atoms with Crippen molar-refractivity contribution in [3.05, 3.63) is 82.9 Å². The van der Waals surface area contributed by atoms with Gasteiger partial charge in [0.05, 0.1) is 24.7 Å². The molecule has 2 aliphatic carbocycles. The molecule has 184 valence electrons. The Morgan fingerprint density at radius 1 is 1.11 bits per heavy atom. The summed E-state index contributed by atoms with van der Waals surface area (Å²) in [6.45, 7) is 6.95. The Morgan fingerprint density at radius 2 is 1.89 bits per heavy atom. The number of carboxylic acid groups (broad SMARTS) is 1. The Balaban J connectivity index is 1.14. The first-order valence-electron chi connectivity index (χ1n) is 12.6. The Labute approximate surface area is 207 Å². The van der Waals surface area contributed by atoms with Gasteiger partial charge in [0.25, 0.3) is 0 Å². The molecule has 3 aromatic rings. The van der Waals surface area contributed by atoms with Gasteiger partial charge in [0, 0.05) is 18.0 Å². The van der Waals surface area contributed by atoms with Crippen molar-refractivity contribution in [3.63, 3.8) is 0 Å². The van der Waals surface area contributed by atoms with Crippen molar-refractivity contribution in [2.45, 2.75) is 57.3 Å². The fourth-order valence-electron chi connectivity index (χ4n) is 5.90. The number of nitrogens with one attached hydrogen (secondary N) is 1. The van der Waals surface area contributed by atoms with E-state index >= 15 is 0 Å². The highest BCUT2D eigenvalue weighted by atomic mass is 16.5. The Hall–Kier alpha value is -2.73. The zero-order valence-electron chi connectivity index (χ0n) is 20.7. The number of carbonyl (C=O) groups is 1. The summed E-state index contributed by atoms with van der Waals surface area (Å²) in [4.78, 5) is 11.5. The topological polar surface area (TPSA) is 78.8 Å². The van der Waals surface area contributed by atoms with E-state index in [1.54, 1.807) is 0 Å². The molecule has 0 spiro atoms. The summed E-state index contributed by atoms with van der Waals surface area (Å²) in [6, 6.07) is 21.1. The minimum atomic E-state index is -0.693. The average Bonchev–Trinajstić information content (AvgIpc) is 3.42. The van der Waals surface area contributed by atoms with Gasteiger partial charge in [-0.3, -0.25) is 4.79 Å². The van der Waals surface area contributed by atoms with Gasteiger partial charge >= 0.3 is 5.97 Å². The summed E-state index contributed by atoms with van der Waals surface area (Å²) in [7, 11) is 0. The van der Waals surface area contributed by atoms with Crippen LogP contribution in [0.4, 0.5) is 0 Å². The van der Waals surface area contributed by atoms with Gasteiger partial charge in [-0.2, -0.15) is 0 Å². The van der Waals surface area contributed by atoms with Crippen LogP contribution in [-0.2, 0) is 22.4 Å². The van der Waals surface area contributed by atoms with Crippen LogP contribution in [-0.4, -0.2) is 41.0 Å². The van der Waals surface area contributed by atoms with Crippen molar-refractivity contribution < 1.29 is 19.7 Å². The molecule has 1 fully saturated rings. The molecule has 0 aromatic heterocycles. The van der Waals surface area contributed by atoms with Gasteiger partial charge in [-0.1, -0.05) is 60.7 Å². The van der Waals surface area contributed by atoms with Crippen molar-refractivity contribution in [2.75, 3.05) is 13.2 Å². The van der Waals surface area contributed by atoms with Crippen LogP contribution >= 0.6 is 0 Å². The molecule has 0 amide bonds. The Morgan fingerprint density at radius 3 is 2.66 bits per heavy atom. The van der Waals surface area contributed by atoms with Crippen molar-refractivity contribution in [1.82, 2.24) is 5.32 Å². The minimum Gasteiger partial charge on any atom is -0.481 e. The van der Waals surface area contributed by atoms with Crippen LogP contribution in [0.25, 0.3) is 10.8 Å². The largest absolute Gasteiger partial charge is 0.481 e. The van der Waals surface area contributed by atoms with E-state index in [1.165, 1.54) is 27.5 Å². The summed E-state index contributed by atoms with van der Waals surface area (Å²) in [5.74, 6) is -0.597. The third kappa shape index (κ3) is 4.99. The molecule has 0 bridgehead atoms. The molecule has 0 radical (unpaired) electrons. The quantitative estimate of drug-likeness (QED) is 0.392. The maximum atomic E-state index is 11.5. The van der Waals surface area contributed by atoms with Crippen LogP contribution in [0.3, 0.4) is 0 Å². The highest BCUT2D eigenvalue weighted by molar-refractivity contribution is 5.83. The van der Waals surface area contributed by atoms with E-state index in [4.69, 9.17) is 4.74 Å². The number of aliphatic carboxylic acids is 1. The zero-order valence-corrected chi connectivity index (χ0v) is 20.7. The normalized spacial score (nSPS) is 22.5. The SMILES string of the molecule is C[C@@H](OC[C@H](O)CNC(C)(C)Cc1ccc2ccccc2c1)c1cccc2c1[C@@H]1[C@H](C2)[C@H]1C(=O)O. The molecule has 3 N–H and O–H groups in total. The fraction of sp³-hybridized carbons (Fsp3) is 0.433. The molecule has 0 saturated heterocycles. The zero-order chi connectivity index (χ0) is 24.7. The van der Waals surface area contributed by atoms with Crippen LogP contribution in [0.5, 0.6) is 0 Å². The maximum Gasteiger partial charge on any atom is 0.307 e. The number of carboxylic acids is 1. The Bertz CT molecular complexity index is 1240. The molecular formula is C30H35NO4. The first-order chi connectivity index (χ1) is 16.7. The molecule has 0 heterocycles. The van der Waals surface area contributed by atoms with Crippen molar-refractivity contribution in [1.29, 1.82) is 0 Å². The van der Waals surface area contributed by atoms with Gasteiger partial charge in [-0.05, 0) is 72.6 Å². The second-order valence-corrected chi connectivity index (χ2v) is 10.9. The molecular weight excluding hydrogens is 438 g/mol. The molecule has 1 saturated carbocycles. The van der Waals surface area contributed by atoms with E-state index in [2.05, 4.69) is 67.7 Å². The molecule has 0 aliphatic heterocycles. The fourth-order valence-corrected chi connectivity index (χ4v) is 5.90. The van der Waals surface area contributed by atoms with E-state index in [0.717, 1.165) is 18.4 Å². The summed E-state index contributed by atoms with van der Waals surface area (Å²) in [6.07, 6.45) is 0.867. The number of benzene rings is 3. The van der Waals surface area contributed by atoms with Crippen molar-refractivity contribution >= 4 is 16.7 Å². The lowest BCUT2D eigenvalue weighted by Gasteiger charge is -2.28. The van der Waals surface area contributed by atoms with Gasteiger partial charge in [0.15, 0.2) is 0 Å². The number of aliphatic hydroxyl groups is 1. The van der Waals surface area contributed by atoms with E-state index in [9.17, 15) is 15.0 Å². The lowest BCUT2D eigenvalue weighted by molar-refractivity contribution is -0.139. The van der Waals surface area contributed by atoms with Gasteiger partial charge in [0.2, 0.25) is 0 Å². The highest BCUT2D eigenvalue weighted by Crippen LogP contribution is 2.62. The van der Waals surface area contributed by atoms with E-state index in [0.29, 0.717) is 6.54 Å². The van der Waals surface area contributed by atoms with E-state index in [-0.39, 0.29) is 36.0 Å². The van der Waals surface area contributed by atoms with Gasteiger partial charge in [0.1, 0.15) is 0 Å². The number of aliphatic hydroxyl groups excluding tert-OH is 1. The molecule has 5 heteroatoms. The predicted octanol–water partition coefficient (Wildman–Crippen LogP) is 4.86. The Kier molecular flexibility index (Phi) is 6.43. The predicted molar refractivity (Wildman–Crippen MR) is 138 cm³/mol. The molecule has 35 heavy (non-hydrogen) atoms. The summed E-state index contributed by atoms with van der Waals surface area (Å²) < 4.78 is 6.07. The number of hydrogen-bond acceptors (Lipinski definition) is 4. The standard InChI is InChI=1S/C30H35NO4/c1-18(24-10-6-9-22-14-25-27(26(22)24)28(25)29(33)34)35-17-23(32)16-31-30(2,3)15-19-11-12-20-7-4-5-8-21(20)13-19/h4-13,18,23,25,27-28,31-32H,14-17H2,1-3H3,(H,33,34)/t18-,23-,25+,27+,28-/m1/s1. The average molecular weight is 474 g/mol. The number of rotatable bonds is 10. The van der Waals surface area contributed by atoms with Crippen molar-refractivity contribution in [2.24, 2.45) is 11.8 Å². The summed E-state index contributed by atoms with van der Waals surface area (Å²) in [5, 5.41) is 26.1. The third-order valence-electron chi connectivity index (χ3n) is 7.73. The summed E-state index contributed by atoms with van der Waals surface area (Å²) in [5.41, 5.74) is 4.57. The third-order valence-corrected chi connectivity index (χ3v) is 7.73. The maximum absolute atomic E-state index is 11.5. The summed E-state index contributed by atoms with van der Waals surface area (Å²) >= 11 is 0. The number of hydrogen-bond donors (Lipinski definition) is 3. The van der Waals surface area contributed by atoms with Gasteiger partial charge in [-0.15, -0.1) is 0 Å². The molecule has 5 atom stereocenters. The smallest absolute Gasteiger partial charge is 0.307 e. The number of ether oxygens (including phenoxy) is 1. The van der Waals surface area contributed by atoms with Crippen LogP contribution in [0.1, 0.15) is 55.0 Å². The van der Waals surface area contributed by atoms with Crippen molar-refractivity contribution in [3.8, 4) is 0 Å². The lowest BCUT2D eigenvalue weighted by Crippen LogP contribution is -2.46. The molecule has 5 rings (SSSR count). The van der Waals surface area contributed by atoms with Crippen LogP contribution in [0.15, 0.2) is 60.7 Å². The lowest BCUT2D eigenvalue weighted by atomic mass is 9.93. The van der Waals surface area contributed by atoms with Crippen LogP contribution in [0, 0.1) is 11.8 Å². The minimum absolute atomic E-state index is 0.118. The van der Waals surface area contributed by atoms with Gasteiger partial charge < -0.3 is 20.3 Å². The molecule has 2 aliphatic rings. The second-order valence-electron chi connectivity index (χ2n) is 10.9. The monoisotopic (exact) mass is 473 g/mol. The van der Waals surface area contributed by atoms with E-state index < -0.39 is 12.1 Å². The van der Waals surface area contributed by atoms with Crippen LogP contribution < -0.4 is 5.32 Å². The number of fused-ring (bicyclic) bond motifs is 4. The second kappa shape index (κ2) is 9.38. The van der Waals surface area contributed by atoms with Crippen LogP contribution in [0.2, 0.25) is 0 Å². The molecule has 0 unspecified atom stereocenters. The highest BCUT2D eigenvalue weighted by Gasteiger charge is 2.60. The molecule has 3 aromatic carbocycles. The molecule has 5 nitrogen and oxygen atoms in total. The van der Waals surface area contributed by atoms with E-state index in [1.807, 2.05) is 19.1 Å².